The van der Waals surface area contributed by atoms with Crippen molar-refractivity contribution in [3.8, 4) is 0 Å². The van der Waals surface area contributed by atoms with Crippen molar-refractivity contribution < 1.29 is 14.7 Å². The number of carbonyl (C=O) groups excluding carboxylic acids is 1. The topological polar surface area (TPSA) is 66.4 Å². The minimum atomic E-state index is -0.927. The van der Waals surface area contributed by atoms with Crippen molar-refractivity contribution >= 4 is 11.9 Å². The van der Waals surface area contributed by atoms with Gasteiger partial charge in [-0.05, 0) is 37.2 Å². The van der Waals surface area contributed by atoms with Crippen LogP contribution >= 0.6 is 0 Å². The number of hydrogen-bond acceptors (Lipinski definition) is 2. The minimum absolute atomic E-state index is 0.135. The Labute approximate surface area is 131 Å². The van der Waals surface area contributed by atoms with Gasteiger partial charge in [0.25, 0.3) is 0 Å². The molecular formula is C18H25NO3. The van der Waals surface area contributed by atoms with Crippen LogP contribution < -0.4 is 5.32 Å². The van der Waals surface area contributed by atoms with Gasteiger partial charge in [0.1, 0.15) is 6.04 Å². The second-order valence-corrected chi connectivity index (χ2v) is 6.36. The number of aliphatic carboxylic acids is 1. The Bertz CT molecular complexity index is 520. The summed E-state index contributed by atoms with van der Waals surface area (Å²) < 4.78 is 0. The second-order valence-electron chi connectivity index (χ2n) is 6.36. The Morgan fingerprint density at radius 2 is 1.91 bits per heavy atom. The molecule has 1 fully saturated rings. The van der Waals surface area contributed by atoms with Gasteiger partial charge in [-0.1, -0.05) is 49.6 Å². The van der Waals surface area contributed by atoms with Crippen molar-refractivity contribution in [1.82, 2.24) is 5.32 Å². The summed E-state index contributed by atoms with van der Waals surface area (Å²) in [6.07, 6.45) is 3.93. The van der Waals surface area contributed by atoms with E-state index in [2.05, 4.69) is 24.4 Å². The lowest BCUT2D eigenvalue weighted by atomic mass is 9.92. The molecule has 1 aromatic rings. The Hall–Kier alpha value is -1.84. The maximum atomic E-state index is 12.2. The van der Waals surface area contributed by atoms with Crippen molar-refractivity contribution in [1.29, 1.82) is 0 Å². The predicted molar refractivity (Wildman–Crippen MR) is 85.7 cm³/mol. The molecule has 4 heteroatoms. The molecule has 0 heterocycles. The van der Waals surface area contributed by atoms with E-state index in [1.165, 1.54) is 5.56 Å². The van der Waals surface area contributed by atoms with Crippen LogP contribution in [0.25, 0.3) is 0 Å². The van der Waals surface area contributed by atoms with Crippen LogP contribution in [0.2, 0.25) is 0 Å². The van der Waals surface area contributed by atoms with E-state index >= 15 is 0 Å². The summed E-state index contributed by atoms with van der Waals surface area (Å²) >= 11 is 0. The zero-order valence-corrected chi connectivity index (χ0v) is 13.3. The number of rotatable bonds is 8. The summed E-state index contributed by atoms with van der Waals surface area (Å²) in [6, 6.07) is 7.45. The van der Waals surface area contributed by atoms with E-state index in [1.807, 2.05) is 19.1 Å². The SMILES string of the molecule is CCC(CC(=O)NC(CC1CC1)C(=O)O)c1ccc(C)cc1. The van der Waals surface area contributed by atoms with Gasteiger partial charge in [-0.2, -0.15) is 0 Å². The lowest BCUT2D eigenvalue weighted by molar-refractivity contribution is -0.142. The highest BCUT2D eigenvalue weighted by Crippen LogP contribution is 2.33. The molecule has 0 saturated heterocycles. The van der Waals surface area contributed by atoms with E-state index in [0.717, 1.165) is 24.8 Å². The fourth-order valence-electron chi connectivity index (χ4n) is 2.72. The Morgan fingerprint density at radius 1 is 1.27 bits per heavy atom. The van der Waals surface area contributed by atoms with E-state index in [9.17, 15) is 14.7 Å². The number of carboxylic acids is 1. The van der Waals surface area contributed by atoms with E-state index in [4.69, 9.17) is 0 Å². The van der Waals surface area contributed by atoms with Crippen molar-refractivity contribution in [2.45, 2.75) is 57.9 Å². The smallest absolute Gasteiger partial charge is 0.326 e. The number of hydrogen-bond donors (Lipinski definition) is 2. The second kappa shape index (κ2) is 7.43. The number of benzene rings is 1. The first-order chi connectivity index (χ1) is 10.5. The van der Waals surface area contributed by atoms with Gasteiger partial charge in [0, 0.05) is 6.42 Å². The average Bonchev–Trinajstić information content (AvgIpc) is 3.29. The third-order valence-electron chi connectivity index (χ3n) is 4.37. The molecule has 1 amide bonds. The van der Waals surface area contributed by atoms with Gasteiger partial charge >= 0.3 is 5.97 Å². The molecule has 2 rings (SSSR count). The van der Waals surface area contributed by atoms with Crippen LogP contribution in [0.1, 0.15) is 56.1 Å². The monoisotopic (exact) mass is 303 g/mol. The highest BCUT2D eigenvalue weighted by atomic mass is 16.4. The third-order valence-corrected chi connectivity index (χ3v) is 4.37. The zero-order valence-electron chi connectivity index (χ0n) is 13.3. The lowest BCUT2D eigenvalue weighted by Gasteiger charge is -2.18. The molecule has 0 aliphatic heterocycles. The summed E-state index contributed by atoms with van der Waals surface area (Å²) in [5.74, 6) is -0.486. The van der Waals surface area contributed by atoms with Crippen LogP contribution in [-0.4, -0.2) is 23.0 Å². The summed E-state index contributed by atoms with van der Waals surface area (Å²) in [5.41, 5.74) is 2.33. The lowest BCUT2D eigenvalue weighted by Crippen LogP contribution is -2.41. The number of amides is 1. The molecule has 2 atom stereocenters. The highest BCUT2D eigenvalue weighted by molar-refractivity contribution is 5.84. The summed E-state index contributed by atoms with van der Waals surface area (Å²) in [6.45, 7) is 4.09. The van der Waals surface area contributed by atoms with Crippen LogP contribution in [0.15, 0.2) is 24.3 Å². The first-order valence-electron chi connectivity index (χ1n) is 8.08. The zero-order chi connectivity index (χ0) is 16.1. The summed E-state index contributed by atoms with van der Waals surface area (Å²) in [7, 11) is 0. The number of aryl methyl sites for hydroxylation is 1. The quantitative estimate of drug-likeness (QED) is 0.774. The van der Waals surface area contributed by atoms with Crippen LogP contribution in [0.4, 0.5) is 0 Å². The van der Waals surface area contributed by atoms with Crippen LogP contribution in [0, 0.1) is 12.8 Å². The first-order valence-corrected chi connectivity index (χ1v) is 8.08. The fraction of sp³-hybridized carbons (Fsp3) is 0.556. The minimum Gasteiger partial charge on any atom is -0.480 e. The normalized spacial score (nSPS) is 16.8. The van der Waals surface area contributed by atoms with Gasteiger partial charge in [-0.25, -0.2) is 4.79 Å². The number of carboxylic acid groups (broad SMARTS) is 1. The average molecular weight is 303 g/mol. The number of nitrogens with one attached hydrogen (secondary N) is 1. The predicted octanol–water partition coefficient (Wildman–Crippen LogP) is 3.25. The van der Waals surface area contributed by atoms with Crippen LogP contribution in [-0.2, 0) is 9.59 Å². The molecule has 0 spiro atoms. The largest absolute Gasteiger partial charge is 0.480 e. The standard InChI is InChI=1S/C18H25NO3/c1-3-14(15-8-4-12(2)5-9-15)11-17(20)19-16(18(21)22)10-13-6-7-13/h4-5,8-9,13-14,16H,3,6-7,10-11H2,1-2H3,(H,19,20)(H,21,22). The van der Waals surface area contributed by atoms with E-state index in [1.54, 1.807) is 0 Å². The molecular weight excluding hydrogens is 278 g/mol. The molecule has 0 aromatic heterocycles. The van der Waals surface area contributed by atoms with Crippen molar-refractivity contribution in [2.24, 2.45) is 5.92 Å². The molecule has 1 aromatic carbocycles. The molecule has 1 aliphatic rings. The van der Waals surface area contributed by atoms with Gasteiger partial charge in [0.15, 0.2) is 0 Å². The van der Waals surface area contributed by atoms with Crippen molar-refractivity contribution in [3.05, 3.63) is 35.4 Å². The van der Waals surface area contributed by atoms with E-state index in [-0.39, 0.29) is 11.8 Å². The number of carbonyl (C=O) groups is 2. The van der Waals surface area contributed by atoms with Crippen molar-refractivity contribution in [2.75, 3.05) is 0 Å². The molecule has 22 heavy (non-hydrogen) atoms. The first kappa shape index (κ1) is 16.5. The highest BCUT2D eigenvalue weighted by Gasteiger charge is 2.30. The van der Waals surface area contributed by atoms with E-state index < -0.39 is 12.0 Å². The van der Waals surface area contributed by atoms with Gasteiger partial charge in [0.05, 0.1) is 0 Å². The van der Waals surface area contributed by atoms with Crippen LogP contribution in [0.3, 0.4) is 0 Å². The summed E-state index contributed by atoms with van der Waals surface area (Å²) in [5, 5.41) is 11.9. The fourth-order valence-corrected chi connectivity index (χ4v) is 2.72. The maximum Gasteiger partial charge on any atom is 0.326 e. The van der Waals surface area contributed by atoms with Crippen molar-refractivity contribution in [3.63, 3.8) is 0 Å². The Balaban J connectivity index is 1.92. The third kappa shape index (κ3) is 4.86. The van der Waals surface area contributed by atoms with Gasteiger partial charge < -0.3 is 10.4 Å². The van der Waals surface area contributed by atoms with Gasteiger partial charge in [-0.3, -0.25) is 4.79 Å². The molecule has 120 valence electrons. The molecule has 2 unspecified atom stereocenters. The maximum absolute atomic E-state index is 12.2. The molecule has 1 saturated carbocycles. The Kier molecular flexibility index (Phi) is 5.58. The molecule has 0 radical (unpaired) electrons. The molecule has 1 aliphatic carbocycles. The van der Waals surface area contributed by atoms with Gasteiger partial charge in [-0.15, -0.1) is 0 Å². The molecule has 0 bridgehead atoms. The summed E-state index contributed by atoms with van der Waals surface area (Å²) in [4.78, 5) is 23.4. The Morgan fingerprint density at radius 3 is 2.41 bits per heavy atom. The molecule has 4 nitrogen and oxygen atoms in total. The van der Waals surface area contributed by atoms with Gasteiger partial charge in [0.2, 0.25) is 5.91 Å². The van der Waals surface area contributed by atoms with E-state index in [0.29, 0.717) is 18.8 Å². The van der Waals surface area contributed by atoms with Crippen LogP contribution in [0.5, 0.6) is 0 Å². The molecule has 2 N–H and O–H groups in total.